The lowest BCUT2D eigenvalue weighted by Crippen LogP contribution is -2.18. The lowest BCUT2D eigenvalue weighted by atomic mass is 10.3. The van der Waals surface area contributed by atoms with E-state index in [0.29, 0.717) is 11.4 Å². The fourth-order valence-electron chi connectivity index (χ4n) is 1.12. The van der Waals surface area contributed by atoms with Crippen LogP contribution >= 0.6 is 0 Å². The van der Waals surface area contributed by atoms with Gasteiger partial charge in [0.1, 0.15) is 19.0 Å². The largest absolute Gasteiger partial charge is 0.491 e. The van der Waals surface area contributed by atoms with Gasteiger partial charge in [0.2, 0.25) is 5.91 Å². The van der Waals surface area contributed by atoms with Gasteiger partial charge in [0.05, 0.1) is 5.39 Å². The van der Waals surface area contributed by atoms with E-state index in [4.69, 9.17) is 15.2 Å². The molecular formula is C10H14N2O5. The first-order chi connectivity index (χ1) is 8.08. The summed E-state index contributed by atoms with van der Waals surface area (Å²) in [5.41, 5.74) is 0.679. The minimum atomic E-state index is -0.372. The number of carbonyl (C=O) groups excluding carboxylic acids is 1. The van der Waals surface area contributed by atoms with Crippen molar-refractivity contribution in [1.82, 2.24) is 5.39 Å². The Labute approximate surface area is 98.0 Å². The first-order valence-electron chi connectivity index (χ1n) is 4.89. The standard InChI is InChI=1S/C10H14N2O5/c1-8(13)11-9-2-4-10(5-3-9)16-6-7-17-12(14)15/h2-5,14-15H,6-7H2,1H3,(H,11,13). The van der Waals surface area contributed by atoms with Crippen LogP contribution in [-0.4, -0.2) is 34.9 Å². The minimum Gasteiger partial charge on any atom is -0.491 e. The lowest BCUT2D eigenvalue weighted by molar-refractivity contribution is -0.492. The van der Waals surface area contributed by atoms with Gasteiger partial charge in [-0.2, -0.15) is 0 Å². The van der Waals surface area contributed by atoms with E-state index in [9.17, 15) is 4.79 Å². The van der Waals surface area contributed by atoms with Crippen molar-refractivity contribution in [2.24, 2.45) is 0 Å². The molecule has 0 saturated heterocycles. The summed E-state index contributed by atoms with van der Waals surface area (Å²) >= 11 is 0. The molecule has 0 aliphatic carbocycles. The highest BCUT2D eigenvalue weighted by Gasteiger charge is 1.98. The van der Waals surface area contributed by atoms with Gasteiger partial charge >= 0.3 is 0 Å². The number of amides is 1. The van der Waals surface area contributed by atoms with Gasteiger partial charge in [0.15, 0.2) is 0 Å². The number of ether oxygens (including phenoxy) is 1. The summed E-state index contributed by atoms with van der Waals surface area (Å²) in [5, 5.41) is 18.7. The van der Waals surface area contributed by atoms with Crippen LogP contribution in [0.25, 0.3) is 0 Å². The average molecular weight is 242 g/mol. The Kier molecular flexibility index (Phi) is 5.37. The van der Waals surface area contributed by atoms with E-state index in [1.165, 1.54) is 6.92 Å². The van der Waals surface area contributed by atoms with E-state index in [0.717, 1.165) is 0 Å². The Morgan fingerprint density at radius 3 is 2.47 bits per heavy atom. The Balaban J connectivity index is 2.32. The topological polar surface area (TPSA) is 91.3 Å². The number of benzene rings is 1. The maximum absolute atomic E-state index is 10.8. The van der Waals surface area contributed by atoms with Crippen LogP contribution in [0.1, 0.15) is 6.92 Å². The summed E-state index contributed by atoms with van der Waals surface area (Å²) in [6.45, 7) is 1.59. The molecule has 17 heavy (non-hydrogen) atoms. The van der Waals surface area contributed by atoms with Crippen molar-refractivity contribution in [2.45, 2.75) is 6.92 Å². The average Bonchev–Trinajstić information content (AvgIpc) is 2.25. The minimum absolute atomic E-state index is 0.000444. The van der Waals surface area contributed by atoms with Crippen LogP contribution in [0.4, 0.5) is 5.69 Å². The van der Waals surface area contributed by atoms with Gasteiger partial charge in [-0.05, 0) is 24.3 Å². The lowest BCUT2D eigenvalue weighted by Gasteiger charge is -2.08. The second kappa shape index (κ2) is 6.81. The quantitative estimate of drug-likeness (QED) is 0.510. The van der Waals surface area contributed by atoms with Crippen molar-refractivity contribution in [1.29, 1.82) is 0 Å². The SMILES string of the molecule is CC(=O)Nc1ccc(OCCON(O)O)cc1. The second-order valence-corrected chi connectivity index (χ2v) is 3.14. The Morgan fingerprint density at radius 1 is 1.29 bits per heavy atom. The first kappa shape index (κ1) is 13.4. The van der Waals surface area contributed by atoms with E-state index in [2.05, 4.69) is 10.2 Å². The van der Waals surface area contributed by atoms with Gasteiger partial charge in [-0.3, -0.25) is 15.2 Å². The third-order valence-corrected chi connectivity index (χ3v) is 1.73. The molecule has 7 nitrogen and oxygen atoms in total. The van der Waals surface area contributed by atoms with Gasteiger partial charge in [-0.15, -0.1) is 0 Å². The highest BCUT2D eigenvalue weighted by molar-refractivity contribution is 5.88. The van der Waals surface area contributed by atoms with Gasteiger partial charge in [0, 0.05) is 12.6 Å². The monoisotopic (exact) mass is 242 g/mol. The van der Waals surface area contributed by atoms with Gasteiger partial charge in [-0.1, -0.05) is 0 Å². The van der Waals surface area contributed by atoms with Gasteiger partial charge < -0.3 is 10.1 Å². The van der Waals surface area contributed by atoms with E-state index in [-0.39, 0.29) is 24.5 Å². The van der Waals surface area contributed by atoms with Crippen LogP contribution in [0.3, 0.4) is 0 Å². The number of nitrogens with one attached hydrogen (secondary N) is 1. The molecule has 0 unspecified atom stereocenters. The summed E-state index contributed by atoms with van der Waals surface area (Å²) in [4.78, 5) is 15.1. The summed E-state index contributed by atoms with van der Waals surface area (Å²) < 4.78 is 5.23. The van der Waals surface area contributed by atoms with Gasteiger partial charge in [0.25, 0.3) is 0 Å². The molecular weight excluding hydrogens is 228 g/mol. The van der Waals surface area contributed by atoms with Crippen molar-refractivity contribution in [3.63, 3.8) is 0 Å². The van der Waals surface area contributed by atoms with E-state index < -0.39 is 0 Å². The Bertz CT molecular complexity index is 352. The number of hydrogen-bond acceptors (Lipinski definition) is 6. The molecule has 0 heterocycles. The molecule has 1 rings (SSSR count). The molecule has 0 aliphatic heterocycles. The molecule has 0 spiro atoms. The normalized spacial score (nSPS) is 10.4. The van der Waals surface area contributed by atoms with Crippen LogP contribution in [0.15, 0.2) is 24.3 Å². The maximum Gasteiger partial charge on any atom is 0.221 e. The van der Waals surface area contributed by atoms with E-state index in [1.54, 1.807) is 24.3 Å². The summed E-state index contributed by atoms with van der Waals surface area (Å²) in [6.07, 6.45) is 0. The summed E-state index contributed by atoms with van der Waals surface area (Å²) in [6, 6.07) is 6.76. The predicted molar refractivity (Wildman–Crippen MR) is 57.6 cm³/mol. The zero-order valence-corrected chi connectivity index (χ0v) is 9.29. The van der Waals surface area contributed by atoms with Crippen molar-refractivity contribution in [3.05, 3.63) is 24.3 Å². The zero-order valence-electron chi connectivity index (χ0n) is 9.29. The third-order valence-electron chi connectivity index (χ3n) is 1.73. The van der Waals surface area contributed by atoms with Crippen LogP contribution in [0.5, 0.6) is 5.75 Å². The number of hydrogen-bond donors (Lipinski definition) is 3. The molecule has 3 N–H and O–H groups in total. The number of nitrogens with zero attached hydrogens (tertiary/aromatic N) is 1. The fourth-order valence-corrected chi connectivity index (χ4v) is 1.12. The molecule has 0 saturated carbocycles. The molecule has 0 bridgehead atoms. The molecule has 94 valence electrons. The molecule has 0 aromatic heterocycles. The predicted octanol–water partition coefficient (Wildman–Crippen LogP) is 1.04. The van der Waals surface area contributed by atoms with Crippen molar-refractivity contribution < 1.29 is 24.8 Å². The molecule has 0 aliphatic rings. The molecule has 7 heteroatoms. The molecule has 1 amide bonds. The van der Waals surface area contributed by atoms with Crippen molar-refractivity contribution in [2.75, 3.05) is 18.5 Å². The van der Waals surface area contributed by atoms with Gasteiger partial charge in [-0.25, -0.2) is 4.84 Å². The van der Waals surface area contributed by atoms with Crippen LogP contribution in [-0.2, 0) is 9.63 Å². The summed E-state index contributed by atoms with van der Waals surface area (Å²) in [5.74, 6) is 0.447. The molecule has 1 aromatic carbocycles. The molecule has 0 atom stereocenters. The number of anilines is 1. The van der Waals surface area contributed by atoms with Crippen molar-refractivity contribution >= 4 is 11.6 Å². The Hall–Kier alpha value is -1.67. The van der Waals surface area contributed by atoms with Crippen LogP contribution < -0.4 is 10.1 Å². The van der Waals surface area contributed by atoms with E-state index in [1.807, 2.05) is 0 Å². The van der Waals surface area contributed by atoms with Crippen LogP contribution in [0, 0.1) is 0 Å². The highest BCUT2D eigenvalue weighted by atomic mass is 17.1. The fraction of sp³-hybridized carbons (Fsp3) is 0.300. The molecule has 0 radical (unpaired) electrons. The zero-order chi connectivity index (χ0) is 12.7. The summed E-state index contributed by atoms with van der Waals surface area (Å²) in [7, 11) is 0. The third kappa shape index (κ3) is 5.83. The number of rotatable bonds is 6. The van der Waals surface area contributed by atoms with Crippen molar-refractivity contribution in [3.8, 4) is 5.75 Å². The smallest absolute Gasteiger partial charge is 0.221 e. The first-order valence-corrected chi connectivity index (χ1v) is 4.89. The van der Waals surface area contributed by atoms with E-state index >= 15 is 0 Å². The highest BCUT2D eigenvalue weighted by Crippen LogP contribution is 2.15. The Morgan fingerprint density at radius 2 is 1.94 bits per heavy atom. The molecule has 0 fully saturated rings. The molecule has 1 aromatic rings. The second-order valence-electron chi connectivity index (χ2n) is 3.14. The van der Waals surface area contributed by atoms with Crippen LogP contribution in [0.2, 0.25) is 0 Å². The number of carbonyl (C=O) groups is 1. The maximum atomic E-state index is 10.8.